The van der Waals surface area contributed by atoms with Crippen molar-refractivity contribution in [3.8, 4) is 5.75 Å². The second-order valence-corrected chi connectivity index (χ2v) is 4.35. The molecule has 0 fully saturated rings. The van der Waals surface area contributed by atoms with Gasteiger partial charge in [0.2, 0.25) is 0 Å². The van der Waals surface area contributed by atoms with Gasteiger partial charge in [-0.05, 0) is 37.7 Å². The first kappa shape index (κ1) is 14.9. The van der Waals surface area contributed by atoms with E-state index in [0.717, 1.165) is 38.2 Å². The minimum absolute atomic E-state index is 0.292. The average molecular weight is 254 g/mol. The Labute approximate surface area is 109 Å². The van der Waals surface area contributed by atoms with E-state index in [0.29, 0.717) is 5.75 Å². The monoisotopic (exact) mass is 254 g/mol. The summed E-state index contributed by atoms with van der Waals surface area (Å²) < 4.78 is 18.5. The summed E-state index contributed by atoms with van der Waals surface area (Å²) in [4.78, 5) is 2.32. The fourth-order valence-corrected chi connectivity index (χ4v) is 1.92. The molecule has 0 saturated heterocycles. The van der Waals surface area contributed by atoms with E-state index in [1.54, 1.807) is 12.1 Å². The third-order valence-electron chi connectivity index (χ3n) is 2.84. The van der Waals surface area contributed by atoms with E-state index in [1.165, 1.54) is 7.11 Å². The summed E-state index contributed by atoms with van der Waals surface area (Å²) >= 11 is 0. The van der Waals surface area contributed by atoms with E-state index in [4.69, 9.17) is 4.74 Å². The molecule has 0 aliphatic carbocycles. The van der Waals surface area contributed by atoms with Gasteiger partial charge < -0.3 is 10.1 Å². The summed E-state index contributed by atoms with van der Waals surface area (Å²) in [7, 11) is 3.42. The van der Waals surface area contributed by atoms with Crippen molar-refractivity contribution in [3.63, 3.8) is 0 Å². The summed E-state index contributed by atoms with van der Waals surface area (Å²) in [6.45, 7) is 5.86. The first-order chi connectivity index (χ1) is 8.71. The molecule has 0 spiro atoms. The Morgan fingerprint density at radius 2 is 2.11 bits per heavy atom. The van der Waals surface area contributed by atoms with Crippen molar-refractivity contribution >= 4 is 0 Å². The van der Waals surface area contributed by atoms with Crippen LogP contribution in [0.3, 0.4) is 0 Å². The van der Waals surface area contributed by atoms with Crippen LogP contribution in [0.1, 0.15) is 18.9 Å². The van der Waals surface area contributed by atoms with E-state index < -0.39 is 0 Å². The number of nitrogens with one attached hydrogen (secondary N) is 1. The summed E-state index contributed by atoms with van der Waals surface area (Å²) in [5, 5.41) is 3.14. The number of ether oxygens (including phenoxy) is 1. The van der Waals surface area contributed by atoms with Crippen molar-refractivity contribution in [1.29, 1.82) is 0 Å². The standard InChI is InChI=1S/C14H23FN2O/c1-4-8-17(9-7-16-2)11-12-5-6-14(18-3)13(15)10-12/h5-6,10,16H,4,7-9,11H2,1-3H3. The highest BCUT2D eigenvalue weighted by Crippen LogP contribution is 2.18. The van der Waals surface area contributed by atoms with Gasteiger partial charge in [-0.3, -0.25) is 4.90 Å². The van der Waals surface area contributed by atoms with Crippen molar-refractivity contribution in [2.24, 2.45) is 0 Å². The Balaban J connectivity index is 2.64. The summed E-state index contributed by atoms with van der Waals surface area (Å²) in [6.07, 6.45) is 1.10. The van der Waals surface area contributed by atoms with Crippen molar-refractivity contribution < 1.29 is 9.13 Å². The van der Waals surface area contributed by atoms with Crippen LogP contribution >= 0.6 is 0 Å². The van der Waals surface area contributed by atoms with Gasteiger partial charge in [0.05, 0.1) is 7.11 Å². The first-order valence-corrected chi connectivity index (χ1v) is 6.40. The van der Waals surface area contributed by atoms with Crippen molar-refractivity contribution in [2.75, 3.05) is 33.8 Å². The van der Waals surface area contributed by atoms with E-state index in [1.807, 2.05) is 13.1 Å². The Morgan fingerprint density at radius 1 is 1.33 bits per heavy atom. The molecule has 0 unspecified atom stereocenters. The molecule has 102 valence electrons. The predicted molar refractivity (Wildman–Crippen MR) is 72.4 cm³/mol. The molecule has 0 aliphatic heterocycles. The molecule has 1 aromatic rings. The molecule has 0 heterocycles. The number of halogens is 1. The molecule has 0 radical (unpaired) electrons. The first-order valence-electron chi connectivity index (χ1n) is 6.40. The quantitative estimate of drug-likeness (QED) is 0.770. The number of hydrogen-bond donors (Lipinski definition) is 1. The number of benzene rings is 1. The Bertz CT molecular complexity index is 358. The van der Waals surface area contributed by atoms with Crippen molar-refractivity contribution in [2.45, 2.75) is 19.9 Å². The van der Waals surface area contributed by atoms with Gasteiger partial charge in [0.15, 0.2) is 11.6 Å². The highest BCUT2D eigenvalue weighted by molar-refractivity contribution is 5.29. The van der Waals surface area contributed by atoms with E-state index in [2.05, 4.69) is 17.1 Å². The van der Waals surface area contributed by atoms with Gasteiger partial charge >= 0.3 is 0 Å². The fraction of sp³-hybridized carbons (Fsp3) is 0.571. The highest BCUT2D eigenvalue weighted by atomic mass is 19.1. The molecule has 3 nitrogen and oxygen atoms in total. The largest absolute Gasteiger partial charge is 0.494 e. The second-order valence-electron chi connectivity index (χ2n) is 4.35. The minimum Gasteiger partial charge on any atom is -0.494 e. The van der Waals surface area contributed by atoms with Crippen molar-refractivity contribution in [1.82, 2.24) is 10.2 Å². The van der Waals surface area contributed by atoms with Crippen LogP contribution in [0, 0.1) is 5.82 Å². The normalized spacial score (nSPS) is 10.9. The average Bonchev–Trinajstić information content (AvgIpc) is 2.36. The lowest BCUT2D eigenvalue weighted by atomic mass is 10.2. The van der Waals surface area contributed by atoms with Crippen LogP contribution in [0.2, 0.25) is 0 Å². The van der Waals surface area contributed by atoms with Crippen LogP contribution in [-0.2, 0) is 6.54 Å². The highest BCUT2D eigenvalue weighted by Gasteiger charge is 2.07. The third-order valence-corrected chi connectivity index (χ3v) is 2.84. The van der Waals surface area contributed by atoms with Gasteiger partial charge in [-0.25, -0.2) is 4.39 Å². The Hall–Kier alpha value is -1.13. The van der Waals surface area contributed by atoms with Gasteiger partial charge in [0.1, 0.15) is 0 Å². The maximum Gasteiger partial charge on any atom is 0.165 e. The van der Waals surface area contributed by atoms with Crippen LogP contribution in [0.4, 0.5) is 4.39 Å². The number of likely N-dealkylation sites (N-methyl/N-ethyl adjacent to an activating group) is 1. The number of hydrogen-bond acceptors (Lipinski definition) is 3. The molecule has 1 N–H and O–H groups in total. The van der Waals surface area contributed by atoms with Gasteiger partial charge in [-0.1, -0.05) is 13.0 Å². The van der Waals surface area contributed by atoms with Crippen molar-refractivity contribution in [3.05, 3.63) is 29.6 Å². The third kappa shape index (κ3) is 4.63. The lowest BCUT2D eigenvalue weighted by Gasteiger charge is -2.21. The second kappa shape index (κ2) is 8.06. The topological polar surface area (TPSA) is 24.5 Å². The van der Waals surface area contributed by atoms with Crippen LogP contribution in [0.15, 0.2) is 18.2 Å². The van der Waals surface area contributed by atoms with Gasteiger partial charge in [0.25, 0.3) is 0 Å². The minimum atomic E-state index is -0.292. The number of rotatable bonds is 8. The molecule has 0 amide bonds. The number of methoxy groups -OCH3 is 1. The molecule has 0 saturated carbocycles. The fourth-order valence-electron chi connectivity index (χ4n) is 1.92. The lowest BCUT2D eigenvalue weighted by molar-refractivity contribution is 0.267. The van der Waals surface area contributed by atoms with Crippen LogP contribution in [0.25, 0.3) is 0 Å². The Kier molecular flexibility index (Phi) is 6.68. The predicted octanol–water partition coefficient (Wildman–Crippen LogP) is 2.27. The van der Waals surface area contributed by atoms with Gasteiger partial charge in [0, 0.05) is 19.6 Å². The lowest BCUT2D eigenvalue weighted by Crippen LogP contribution is -2.31. The van der Waals surface area contributed by atoms with E-state index in [-0.39, 0.29) is 5.82 Å². The summed E-state index contributed by atoms with van der Waals surface area (Å²) in [5.74, 6) is 0.0103. The van der Waals surface area contributed by atoms with Gasteiger partial charge in [-0.2, -0.15) is 0 Å². The van der Waals surface area contributed by atoms with Crippen LogP contribution < -0.4 is 10.1 Å². The molecule has 18 heavy (non-hydrogen) atoms. The van der Waals surface area contributed by atoms with E-state index >= 15 is 0 Å². The molecule has 1 aromatic carbocycles. The SMILES string of the molecule is CCCN(CCNC)Cc1ccc(OC)c(F)c1. The van der Waals surface area contributed by atoms with Crippen LogP contribution in [0.5, 0.6) is 5.75 Å². The maximum absolute atomic E-state index is 13.6. The zero-order valence-corrected chi connectivity index (χ0v) is 11.5. The molecule has 4 heteroatoms. The molecule has 0 aromatic heterocycles. The molecule has 0 atom stereocenters. The van der Waals surface area contributed by atoms with E-state index in [9.17, 15) is 4.39 Å². The smallest absolute Gasteiger partial charge is 0.165 e. The molecular formula is C14H23FN2O. The van der Waals surface area contributed by atoms with Crippen LogP contribution in [-0.4, -0.2) is 38.7 Å². The number of nitrogens with zero attached hydrogens (tertiary/aromatic N) is 1. The summed E-state index contributed by atoms with van der Waals surface area (Å²) in [5.41, 5.74) is 0.984. The molecular weight excluding hydrogens is 231 g/mol. The molecule has 0 bridgehead atoms. The molecule has 0 aliphatic rings. The zero-order valence-electron chi connectivity index (χ0n) is 11.5. The Morgan fingerprint density at radius 3 is 2.67 bits per heavy atom. The zero-order chi connectivity index (χ0) is 13.4. The molecule has 1 rings (SSSR count). The summed E-state index contributed by atoms with van der Waals surface area (Å²) in [6, 6.07) is 5.16. The maximum atomic E-state index is 13.6. The van der Waals surface area contributed by atoms with Gasteiger partial charge in [-0.15, -0.1) is 0 Å².